The maximum absolute atomic E-state index is 13.3. The van der Waals surface area contributed by atoms with Crippen molar-refractivity contribution in [1.29, 1.82) is 0 Å². The number of aromatic nitrogens is 4. The molecule has 0 atom stereocenters. The molecule has 0 bridgehead atoms. The molecule has 0 aliphatic rings. The lowest BCUT2D eigenvalue weighted by Crippen LogP contribution is -2.38. The maximum atomic E-state index is 13.3. The van der Waals surface area contributed by atoms with Crippen LogP contribution >= 0.6 is 34.7 Å². The molecule has 7 nitrogen and oxygen atoms in total. The van der Waals surface area contributed by atoms with Gasteiger partial charge in [-0.15, -0.1) is 23.1 Å². The number of halogens is 1. The Kier molecular flexibility index (Phi) is 5.46. The Balaban J connectivity index is 1.58. The van der Waals surface area contributed by atoms with Crippen molar-refractivity contribution >= 4 is 44.9 Å². The van der Waals surface area contributed by atoms with E-state index >= 15 is 0 Å². The van der Waals surface area contributed by atoms with Gasteiger partial charge in [0.25, 0.3) is 5.56 Å². The Morgan fingerprint density at radius 2 is 1.81 bits per heavy atom. The zero-order valence-corrected chi connectivity index (χ0v) is 19.1. The summed E-state index contributed by atoms with van der Waals surface area (Å²) in [5, 5.41) is 6.35. The summed E-state index contributed by atoms with van der Waals surface area (Å²) in [5.74, 6) is 0.707. The lowest BCUT2D eigenvalue weighted by molar-refractivity contribution is 0.370. The zero-order valence-electron chi connectivity index (χ0n) is 16.7. The van der Waals surface area contributed by atoms with Crippen molar-refractivity contribution in [3.05, 3.63) is 91.7 Å². The monoisotopic (exact) mass is 482 g/mol. The van der Waals surface area contributed by atoms with Crippen LogP contribution in [0.25, 0.3) is 27.3 Å². The van der Waals surface area contributed by atoms with Gasteiger partial charge in [0.2, 0.25) is 11.7 Å². The fourth-order valence-corrected chi connectivity index (χ4v) is 4.73. The molecule has 0 saturated heterocycles. The minimum absolute atomic E-state index is 0.0375. The van der Waals surface area contributed by atoms with Crippen molar-refractivity contribution in [2.45, 2.75) is 11.4 Å². The molecule has 0 N–H and O–H groups in total. The standard InChI is InChI=1S/C22H15ClN4O3S2/c1-31-16-8-2-13(3-9-16)20-24-18(30-25-20)12-26-17-10-11-32-19(17)21(28)27(22(26)29)15-6-4-14(23)5-7-15/h2-11H,12H2,1H3. The SMILES string of the molecule is CSc1ccc(-c2noc(Cn3c(=O)n(-c4ccc(Cl)cc4)c(=O)c4sccc43)n2)cc1. The summed E-state index contributed by atoms with van der Waals surface area (Å²) in [7, 11) is 0. The van der Waals surface area contributed by atoms with Crippen LogP contribution in [0.1, 0.15) is 5.89 Å². The van der Waals surface area contributed by atoms with E-state index in [-0.39, 0.29) is 18.0 Å². The Hall–Kier alpha value is -3.14. The fourth-order valence-electron chi connectivity index (χ4n) is 3.37. The Bertz CT molecular complexity index is 1530. The predicted molar refractivity (Wildman–Crippen MR) is 127 cm³/mol. The van der Waals surface area contributed by atoms with Crippen LogP contribution in [-0.4, -0.2) is 25.5 Å². The van der Waals surface area contributed by atoms with Gasteiger partial charge in [-0.3, -0.25) is 9.36 Å². The van der Waals surface area contributed by atoms with Crippen molar-refractivity contribution in [1.82, 2.24) is 19.3 Å². The normalized spacial score (nSPS) is 11.3. The first-order chi connectivity index (χ1) is 15.5. The molecule has 0 spiro atoms. The van der Waals surface area contributed by atoms with Crippen LogP contribution in [0.15, 0.2) is 79.0 Å². The molecule has 0 aliphatic carbocycles. The molecule has 0 unspecified atom stereocenters. The van der Waals surface area contributed by atoms with E-state index in [0.29, 0.717) is 26.8 Å². The van der Waals surface area contributed by atoms with Gasteiger partial charge in [-0.05, 0) is 66.2 Å². The van der Waals surface area contributed by atoms with Gasteiger partial charge in [0.05, 0.1) is 11.2 Å². The quantitative estimate of drug-likeness (QED) is 0.338. The first-order valence-electron chi connectivity index (χ1n) is 9.51. The van der Waals surface area contributed by atoms with Gasteiger partial charge in [-0.25, -0.2) is 9.36 Å². The van der Waals surface area contributed by atoms with E-state index in [9.17, 15) is 9.59 Å². The van der Waals surface area contributed by atoms with Crippen LogP contribution < -0.4 is 11.2 Å². The van der Waals surface area contributed by atoms with Crippen molar-refractivity contribution < 1.29 is 4.52 Å². The summed E-state index contributed by atoms with van der Waals surface area (Å²) in [6.45, 7) is 0.0375. The number of benzene rings is 2. The van der Waals surface area contributed by atoms with E-state index in [0.717, 1.165) is 15.0 Å². The van der Waals surface area contributed by atoms with Gasteiger partial charge in [-0.1, -0.05) is 16.8 Å². The number of hydrogen-bond acceptors (Lipinski definition) is 7. The summed E-state index contributed by atoms with van der Waals surface area (Å²) in [5.41, 5.74) is 0.913. The smallest absolute Gasteiger partial charge is 0.336 e. The highest BCUT2D eigenvalue weighted by Gasteiger charge is 2.18. The number of thiophene rings is 1. The van der Waals surface area contributed by atoms with Crippen LogP contribution in [0.2, 0.25) is 5.02 Å². The molecule has 5 aromatic rings. The van der Waals surface area contributed by atoms with Crippen molar-refractivity contribution in [2.24, 2.45) is 0 Å². The Labute approximate surface area is 194 Å². The molecule has 0 fully saturated rings. The highest BCUT2D eigenvalue weighted by atomic mass is 35.5. The first-order valence-corrected chi connectivity index (χ1v) is 12.0. The summed E-state index contributed by atoms with van der Waals surface area (Å²) < 4.78 is 8.49. The molecule has 3 aromatic heterocycles. The second-order valence-corrected chi connectivity index (χ2v) is 9.09. The van der Waals surface area contributed by atoms with E-state index < -0.39 is 5.69 Å². The average Bonchev–Trinajstić information content (AvgIpc) is 3.48. The third-order valence-electron chi connectivity index (χ3n) is 4.95. The molecular weight excluding hydrogens is 468 g/mol. The maximum Gasteiger partial charge on any atom is 0.336 e. The van der Waals surface area contributed by atoms with E-state index in [1.165, 1.54) is 15.9 Å². The highest BCUT2D eigenvalue weighted by molar-refractivity contribution is 7.98. The Morgan fingerprint density at radius 1 is 1.06 bits per heavy atom. The molecule has 0 saturated carbocycles. The van der Waals surface area contributed by atoms with Crippen LogP contribution in [0, 0.1) is 0 Å². The Morgan fingerprint density at radius 3 is 2.53 bits per heavy atom. The van der Waals surface area contributed by atoms with Crippen molar-refractivity contribution in [3.63, 3.8) is 0 Å². The average molecular weight is 483 g/mol. The summed E-state index contributed by atoms with van der Waals surface area (Å²) >= 11 is 8.89. The number of fused-ring (bicyclic) bond motifs is 1. The number of hydrogen-bond donors (Lipinski definition) is 0. The third-order valence-corrected chi connectivity index (χ3v) is 6.84. The molecule has 160 valence electrons. The highest BCUT2D eigenvalue weighted by Crippen LogP contribution is 2.22. The second-order valence-electron chi connectivity index (χ2n) is 6.86. The van der Waals surface area contributed by atoms with Crippen LogP contribution in [0.5, 0.6) is 0 Å². The van der Waals surface area contributed by atoms with Gasteiger partial charge < -0.3 is 4.52 Å². The summed E-state index contributed by atoms with van der Waals surface area (Å²) in [6, 6.07) is 16.1. The van der Waals surface area contributed by atoms with Gasteiger partial charge in [-0.2, -0.15) is 4.98 Å². The molecule has 10 heteroatoms. The molecule has 3 heterocycles. The van der Waals surface area contributed by atoms with E-state index in [2.05, 4.69) is 10.1 Å². The zero-order chi connectivity index (χ0) is 22.2. The summed E-state index contributed by atoms with van der Waals surface area (Å²) in [6.07, 6.45) is 2.01. The molecule has 0 aliphatic heterocycles. The van der Waals surface area contributed by atoms with E-state index in [1.54, 1.807) is 47.5 Å². The largest absolute Gasteiger partial charge is 0.337 e. The van der Waals surface area contributed by atoms with Crippen molar-refractivity contribution in [2.75, 3.05) is 6.26 Å². The number of nitrogens with zero attached hydrogens (tertiary/aromatic N) is 4. The molecule has 0 amide bonds. The predicted octanol–water partition coefficient (Wildman–Crippen LogP) is 4.69. The van der Waals surface area contributed by atoms with E-state index in [4.69, 9.17) is 16.1 Å². The molecule has 5 rings (SSSR count). The van der Waals surface area contributed by atoms with Crippen molar-refractivity contribution in [3.8, 4) is 17.1 Å². The number of thioether (sulfide) groups is 1. The van der Waals surface area contributed by atoms with Gasteiger partial charge in [0, 0.05) is 15.5 Å². The van der Waals surface area contributed by atoms with Crippen LogP contribution in [0.3, 0.4) is 0 Å². The lowest BCUT2D eigenvalue weighted by Gasteiger charge is -2.10. The topological polar surface area (TPSA) is 82.9 Å². The third kappa shape index (κ3) is 3.68. The van der Waals surface area contributed by atoms with Gasteiger partial charge in [0.15, 0.2) is 0 Å². The minimum atomic E-state index is -0.493. The van der Waals surface area contributed by atoms with Crippen LogP contribution in [-0.2, 0) is 6.54 Å². The molecular formula is C22H15ClN4O3S2. The fraction of sp³-hybridized carbons (Fsp3) is 0.0909. The van der Waals surface area contributed by atoms with E-state index in [1.807, 2.05) is 30.5 Å². The number of rotatable bonds is 5. The molecule has 0 radical (unpaired) electrons. The molecule has 32 heavy (non-hydrogen) atoms. The lowest BCUT2D eigenvalue weighted by atomic mass is 10.2. The molecule has 2 aromatic carbocycles. The van der Waals surface area contributed by atoms with Gasteiger partial charge >= 0.3 is 5.69 Å². The minimum Gasteiger partial charge on any atom is -0.337 e. The van der Waals surface area contributed by atoms with Gasteiger partial charge in [0.1, 0.15) is 11.2 Å². The summed E-state index contributed by atoms with van der Waals surface area (Å²) in [4.78, 5) is 31.9. The van der Waals surface area contributed by atoms with Crippen LogP contribution in [0.4, 0.5) is 0 Å². The first kappa shape index (κ1) is 20.7. The second kappa shape index (κ2) is 8.42.